The molecule has 1 unspecified atom stereocenters. The highest BCUT2D eigenvalue weighted by Gasteiger charge is 2.32. The summed E-state index contributed by atoms with van der Waals surface area (Å²) < 4.78 is 10.5. The van der Waals surface area contributed by atoms with Crippen molar-refractivity contribution in [3.8, 4) is 0 Å². The minimum Gasteiger partial charge on any atom is -0.340 e. The van der Waals surface area contributed by atoms with Gasteiger partial charge in [0.25, 0.3) is 5.56 Å². The van der Waals surface area contributed by atoms with Crippen molar-refractivity contribution >= 4 is 51.6 Å². The maximum Gasteiger partial charge on any atom is 0.254 e. The number of hydrogen-bond acceptors (Lipinski definition) is 15. The number of nitrogens with one attached hydrogen (secondary N) is 2. The van der Waals surface area contributed by atoms with Crippen molar-refractivity contribution in [2.75, 3.05) is 6.54 Å². The minimum atomic E-state index is 0.146. The first kappa shape index (κ1) is 119. The molecule has 1 saturated heterocycles. The fourth-order valence-corrected chi connectivity index (χ4v) is 16.0. The normalized spacial score (nSPS) is 12.7. The zero-order valence-corrected chi connectivity index (χ0v) is 91.9. The van der Waals surface area contributed by atoms with Crippen molar-refractivity contribution in [2.24, 2.45) is 11.8 Å². The lowest BCUT2D eigenvalue weighted by Gasteiger charge is -2.36. The SMILES string of the molecule is CC(C)C1CCCN(C(C)C)C1=O.CC(C)c1cc(C(C)C)[nH]n1.CC(C)c1cc(C(C)C)sn1.CC(C)c1cc(C(C)C)sn1.CC(C)c1ccc(C(C)C)nc1.CC(C)c1cccc(C(C)C)n1.CC(C)c1cccn(C(C)C)c1=O.CC(C)c1ccnc(C(C)C)c1.CC(C)c1cn[nH]c1C(C)C.CC(C)c1cnc(C(C)C)s1.CC(C)c1csc(C(C)C)n1. The molecule has 11 heterocycles. The van der Waals surface area contributed by atoms with Crippen molar-refractivity contribution in [3.63, 3.8) is 0 Å². The highest BCUT2D eigenvalue weighted by atomic mass is 32.1. The van der Waals surface area contributed by atoms with E-state index in [-0.39, 0.29) is 17.5 Å². The Kier molecular flexibility index (Phi) is 56.4. The molecular formula is C109H181N13O2S4. The highest BCUT2D eigenvalue weighted by Crippen LogP contribution is 2.32. The van der Waals surface area contributed by atoms with Gasteiger partial charge in [-0.1, -0.05) is 295 Å². The highest BCUT2D eigenvalue weighted by molar-refractivity contribution is 7.11. The van der Waals surface area contributed by atoms with E-state index in [1.54, 1.807) is 39.0 Å². The lowest BCUT2D eigenvalue weighted by Crippen LogP contribution is -2.46. The number of pyridine rings is 4. The third-order valence-electron chi connectivity index (χ3n) is 21.6. The van der Waals surface area contributed by atoms with Crippen LogP contribution in [0.3, 0.4) is 0 Å². The van der Waals surface area contributed by atoms with Gasteiger partial charge < -0.3 is 9.47 Å². The lowest BCUT2D eigenvalue weighted by atomic mass is 9.86. The molecule has 1 amide bonds. The van der Waals surface area contributed by atoms with Crippen LogP contribution in [0.25, 0.3) is 0 Å². The molecule has 1 aliphatic heterocycles. The second kappa shape index (κ2) is 60.8. The molecule has 0 spiro atoms. The molecule has 11 rings (SSSR count). The minimum absolute atomic E-state index is 0.146. The van der Waals surface area contributed by atoms with E-state index < -0.39 is 0 Å². The van der Waals surface area contributed by atoms with Gasteiger partial charge in [-0.25, -0.2) is 9.97 Å². The predicted octanol–water partition coefficient (Wildman–Crippen LogP) is 33.7. The van der Waals surface area contributed by atoms with E-state index in [1.165, 1.54) is 99.0 Å². The van der Waals surface area contributed by atoms with Crippen LogP contribution in [0.4, 0.5) is 0 Å². The second-order valence-electron chi connectivity index (χ2n) is 40.9. The third kappa shape index (κ3) is 43.9. The van der Waals surface area contributed by atoms with E-state index in [2.05, 4.69) is 397 Å². The zero-order chi connectivity index (χ0) is 98.0. The van der Waals surface area contributed by atoms with Crippen LogP contribution in [-0.4, -0.2) is 82.0 Å². The first-order valence-corrected chi connectivity index (χ1v) is 51.6. The van der Waals surface area contributed by atoms with Crippen molar-refractivity contribution in [3.05, 3.63) is 223 Å². The number of rotatable bonds is 22. The van der Waals surface area contributed by atoms with Gasteiger partial charge >= 0.3 is 0 Å². The van der Waals surface area contributed by atoms with Gasteiger partial charge in [0.05, 0.1) is 39.0 Å². The molecule has 0 radical (unpaired) electrons. The summed E-state index contributed by atoms with van der Waals surface area (Å²) in [5.41, 5.74) is 17.2. The van der Waals surface area contributed by atoms with Gasteiger partial charge in [0.15, 0.2) is 0 Å². The van der Waals surface area contributed by atoms with Crippen molar-refractivity contribution in [1.82, 2.24) is 63.5 Å². The first-order valence-electron chi connectivity index (χ1n) is 48.4. The largest absolute Gasteiger partial charge is 0.340 e. The Labute approximate surface area is 798 Å². The molecule has 1 atom stereocenters. The summed E-state index contributed by atoms with van der Waals surface area (Å²) in [6.45, 7) is 96.1. The van der Waals surface area contributed by atoms with Crippen LogP contribution < -0.4 is 5.56 Å². The van der Waals surface area contributed by atoms with Crippen LogP contribution in [0, 0.1) is 11.8 Å². The number of thiazole rings is 2. The van der Waals surface area contributed by atoms with E-state index in [4.69, 9.17) is 0 Å². The van der Waals surface area contributed by atoms with E-state index in [1.807, 2.05) is 87.0 Å². The molecule has 2 N–H and O–H groups in total. The Morgan fingerprint density at radius 2 is 0.859 bits per heavy atom. The van der Waals surface area contributed by atoms with E-state index in [0.29, 0.717) is 130 Å². The molecule has 15 nitrogen and oxygen atoms in total. The number of H-pyrrole nitrogens is 2. The van der Waals surface area contributed by atoms with Crippen LogP contribution in [0.2, 0.25) is 0 Å². The van der Waals surface area contributed by atoms with Crippen molar-refractivity contribution < 1.29 is 4.79 Å². The van der Waals surface area contributed by atoms with Crippen LogP contribution in [0.1, 0.15) is 540 Å². The van der Waals surface area contributed by atoms with Gasteiger partial charge in [-0.3, -0.25) is 34.7 Å². The smallest absolute Gasteiger partial charge is 0.254 e. The Bertz CT molecular complexity index is 4010. The van der Waals surface area contributed by atoms with Gasteiger partial charge in [-0.15, -0.1) is 22.7 Å². The molecule has 10 aromatic rings. The molecule has 0 aliphatic carbocycles. The van der Waals surface area contributed by atoms with Crippen molar-refractivity contribution in [1.29, 1.82) is 0 Å². The molecular weight excluding hydrogens is 1650 g/mol. The van der Waals surface area contributed by atoms with Crippen LogP contribution in [-0.2, 0) is 4.79 Å². The fraction of sp³-hybridized carbons (Fsp3) is 0.642. The predicted molar refractivity (Wildman–Crippen MR) is 562 cm³/mol. The van der Waals surface area contributed by atoms with Crippen LogP contribution in [0.15, 0.2) is 114 Å². The molecule has 19 heteroatoms. The summed E-state index contributed by atoms with van der Waals surface area (Å²) in [5, 5.41) is 19.0. The van der Waals surface area contributed by atoms with Crippen LogP contribution >= 0.6 is 45.7 Å². The van der Waals surface area contributed by atoms with Gasteiger partial charge in [-0.05, 0) is 241 Å². The maximum atomic E-state index is 11.9. The Balaban J connectivity index is 0.000000704. The van der Waals surface area contributed by atoms with Gasteiger partial charge in [0.1, 0.15) is 0 Å². The molecule has 718 valence electrons. The van der Waals surface area contributed by atoms with E-state index in [9.17, 15) is 9.59 Å². The standard InChI is InChI=1S/C11H21NO.C11H17NO.3C11H17N.2C9H16N2.4C9H15NS/c2*1-8(2)10-6-5-7-12(9(3)4)11(10)13;1-8(2)10-5-6-12-11(7-10)9(3)4;1-8(2)10-5-6-11(9(3)4)12-7-10;1-8(2)10-6-5-7-11(12-10)9(3)4;1-6(2)8-5-10-11-9(8)7(3)4;1-6(2)8-5-9(7(3)4)11-10-8;1-6(2)8-5-11-9(10-8)7(3)4;1-6(2)8-5-10-9(11-8)7(3)4;2*1-6(2)8-5-9(7(3)4)11-10-8/h8-10H,5-7H2,1-4H3;5-9H,1-4H3;3*5-9H,1-4H3;2*5-7H,1-4H3,(H,10,11);4*5-7H,1-4H3. The van der Waals surface area contributed by atoms with Gasteiger partial charge in [0, 0.05) is 121 Å². The molecule has 0 bridgehead atoms. The Hall–Kier alpha value is -7.19. The Morgan fingerprint density at radius 3 is 1.19 bits per heavy atom. The summed E-state index contributed by atoms with van der Waals surface area (Å²) in [7, 11) is 0. The molecule has 0 saturated carbocycles. The summed E-state index contributed by atoms with van der Waals surface area (Å²) in [5.74, 6) is 11.7. The number of carbonyl (C=O) groups excluding carboxylic acids is 1. The lowest BCUT2D eigenvalue weighted by molar-refractivity contribution is -0.142. The number of piperidine rings is 1. The van der Waals surface area contributed by atoms with Gasteiger partial charge in [-0.2, -0.15) is 18.9 Å². The van der Waals surface area contributed by atoms with E-state index >= 15 is 0 Å². The summed E-state index contributed by atoms with van der Waals surface area (Å²) >= 11 is 6.88. The fourth-order valence-electron chi connectivity index (χ4n) is 12.3. The average molecular weight is 1830 g/mol. The van der Waals surface area contributed by atoms with Crippen molar-refractivity contribution in [2.45, 2.75) is 442 Å². The summed E-state index contributed by atoms with van der Waals surface area (Å²) in [6.07, 6.45) is 11.9. The zero-order valence-electron chi connectivity index (χ0n) is 88.7. The van der Waals surface area contributed by atoms with Gasteiger partial charge in [0.2, 0.25) is 5.91 Å². The Morgan fingerprint density at radius 1 is 0.367 bits per heavy atom. The first-order chi connectivity index (χ1) is 59.6. The molecule has 1 aliphatic rings. The summed E-state index contributed by atoms with van der Waals surface area (Å²) in [4.78, 5) is 52.1. The van der Waals surface area contributed by atoms with E-state index in [0.717, 1.165) is 24.2 Å². The maximum absolute atomic E-state index is 11.9. The topological polar surface area (TPSA) is 190 Å². The van der Waals surface area contributed by atoms with Crippen LogP contribution in [0.5, 0.6) is 0 Å². The number of hydrogen-bond donors (Lipinski definition) is 2. The number of nitrogens with zero attached hydrogens (tertiary/aromatic N) is 11. The number of likely N-dealkylation sites (tertiary alicyclic amines) is 1. The number of aromatic nitrogens is 12. The number of aromatic amines is 2. The average Bonchev–Trinajstić information content (AvgIpc) is 1.28. The molecule has 10 aromatic heterocycles. The molecule has 128 heavy (non-hydrogen) atoms. The number of carbonyl (C=O) groups is 1. The number of amides is 1. The second-order valence-corrected chi connectivity index (χ2v) is 44.5. The monoisotopic (exact) mass is 1830 g/mol. The molecule has 1 fully saturated rings. The molecule has 0 aromatic carbocycles. The summed E-state index contributed by atoms with van der Waals surface area (Å²) in [6, 6.07) is 25.9. The quantitative estimate of drug-likeness (QED) is 0.0657. The third-order valence-corrected chi connectivity index (χ3v) is 26.6.